The van der Waals surface area contributed by atoms with E-state index in [4.69, 9.17) is 19.5 Å². The van der Waals surface area contributed by atoms with Crippen molar-refractivity contribution in [2.75, 3.05) is 51.3 Å². The van der Waals surface area contributed by atoms with Gasteiger partial charge in [-0.25, -0.2) is 9.78 Å². The minimum atomic E-state index is -0.398. The number of likely N-dealkylation sites (N-methyl/N-ethyl adjacent to an activating group) is 1. The van der Waals surface area contributed by atoms with Crippen LogP contribution in [0.5, 0.6) is 6.01 Å². The Kier molecular flexibility index (Phi) is 7.63. The molecule has 13 nitrogen and oxygen atoms in total. The van der Waals surface area contributed by atoms with Crippen LogP contribution in [-0.2, 0) is 4.84 Å². The zero-order valence-electron chi connectivity index (χ0n) is 25.6. The summed E-state index contributed by atoms with van der Waals surface area (Å²) in [4.78, 5) is 51.3. The summed E-state index contributed by atoms with van der Waals surface area (Å²) < 4.78 is 7.77. The SMILES string of the molecule is Cc1ccc2[nH]ncc2c1-n1c(C)nc2c(N3CCN(OC(=O)c4ccccc4)CC3)nc(OCC3CCCN3C)nc2c1=O. The summed E-state index contributed by atoms with van der Waals surface area (Å²) in [6.07, 6.45) is 3.86. The number of benzene rings is 2. The van der Waals surface area contributed by atoms with Gasteiger partial charge >= 0.3 is 12.0 Å². The Morgan fingerprint density at radius 1 is 0.978 bits per heavy atom. The summed E-state index contributed by atoms with van der Waals surface area (Å²) in [6, 6.07) is 13.2. The predicted molar refractivity (Wildman–Crippen MR) is 169 cm³/mol. The van der Waals surface area contributed by atoms with Crippen LogP contribution >= 0.6 is 0 Å². The number of fused-ring (bicyclic) bond motifs is 2. The maximum absolute atomic E-state index is 14.3. The Bertz CT molecular complexity index is 1930. The molecule has 0 amide bonds. The molecule has 2 saturated heterocycles. The highest BCUT2D eigenvalue weighted by Crippen LogP contribution is 2.29. The van der Waals surface area contributed by atoms with E-state index in [9.17, 15) is 9.59 Å². The number of piperazine rings is 1. The highest BCUT2D eigenvalue weighted by atomic mass is 16.7. The van der Waals surface area contributed by atoms with Gasteiger partial charge in [-0.2, -0.15) is 15.1 Å². The Balaban J connectivity index is 1.25. The number of hydroxylamine groups is 2. The minimum Gasteiger partial charge on any atom is -0.462 e. The van der Waals surface area contributed by atoms with E-state index in [2.05, 4.69) is 27.1 Å². The van der Waals surface area contributed by atoms with Gasteiger partial charge in [-0.1, -0.05) is 24.3 Å². The fraction of sp³-hybridized carbons (Fsp3) is 0.375. The van der Waals surface area contributed by atoms with Crippen molar-refractivity contribution in [3.05, 3.63) is 76.0 Å². The first kappa shape index (κ1) is 28.9. The largest absolute Gasteiger partial charge is 0.462 e. The first-order valence-corrected chi connectivity index (χ1v) is 15.2. The molecule has 2 aliphatic rings. The van der Waals surface area contributed by atoms with Crippen LogP contribution in [0.15, 0.2) is 53.5 Å². The number of hydrogen-bond donors (Lipinski definition) is 1. The second kappa shape index (κ2) is 11.9. The molecule has 5 aromatic rings. The van der Waals surface area contributed by atoms with Crippen LogP contribution in [0.2, 0.25) is 0 Å². The molecule has 0 bridgehead atoms. The van der Waals surface area contributed by atoms with Gasteiger partial charge in [-0.3, -0.25) is 14.5 Å². The van der Waals surface area contributed by atoms with Gasteiger partial charge in [0.2, 0.25) is 0 Å². The number of rotatable bonds is 7. The lowest BCUT2D eigenvalue weighted by atomic mass is 10.1. The second-order valence-electron chi connectivity index (χ2n) is 11.6. The molecule has 1 atom stereocenters. The number of likely N-dealkylation sites (tertiary alicyclic amines) is 1. The number of nitrogens with zero attached hydrogens (tertiary/aromatic N) is 8. The number of nitrogens with one attached hydrogen (secondary N) is 1. The molecule has 1 unspecified atom stereocenters. The first-order chi connectivity index (χ1) is 21.9. The number of anilines is 1. The summed E-state index contributed by atoms with van der Waals surface area (Å²) in [5, 5.41) is 9.66. The normalized spacial score (nSPS) is 17.8. The van der Waals surface area contributed by atoms with Crippen molar-refractivity contribution in [2.45, 2.75) is 32.7 Å². The molecule has 232 valence electrons. The van der Waals surface area contributed by atoms with E-state index in [1.807, 2.05) is 36.9 Å². The van der Waals surface area contributed by atoms with Crippen molar-refractivity contribution in [1.29, 1.82) is 0 Å². The number of aromatic amines is 1. The van der Waals surface area contributed by atoms with Crippen LogP contribution in [0.4, 0.5) is 5.82 Å². The number of carbonyl (C=O) groups excluding carboxylic acids is 1. The highest BCUT2D eigenvalue weighted by molar-refractivity contribution is 5.90. The lowest BCUT2D eigenvalue weighted by Crippen LogP contribution is -2.47. The molecular formula is C32H35N9O4. The molecule has 0 saturated carbocycles. The van der Waals surface area contributed by atoms with Crippen molar-refractivity contribution < 1.29 is 14.4 Å². The Morgan fingerprint density at radius 2 is 1.78 bits per heavy atom. The zero-order chi connectivity index (χ0) is 31.1. The molecular weight excluding hydrogens is 574 g/mol. The number of carbonyl (C=O) groups is 1. The van der Waals surface area contributed by atoms with Crippen LogP contribution in [0, 0.1) is 13.8 Å². The first-order valence-electron chi connectivity index (χ1n) is 15.2. The van der Waals surface area contributed by atoms with E-state index in [1.54, 1.807) is 40.1 Å². The van der Waals surface area contributed by atoms with E-state index in [0.29, 0.717) is 61.2 Å². The summed E-state index contributed by atoms with van der Waals surface area (Å²) in [6.45, 7) is 7.10. The van der Waals surface area contributed by atoms with Gasteiger partial charge in [-0.05, 0) is 64.0 Å². The van der Waals surface area contributed by atoms with Gasteiger partial charge in [-0.15, -0.1) is 5.06 Å². The molecule has 2 aromatic carbocycles. The quantitative estimate of drug-likeness (QED) is 0.292. The third kappa shape index (κ3) is 5.49. The number of aryl methyl sites for hydroxylation is 2. The number of ether oxygens (including phenoxy) is 1. The van der Waals surface area contributed by atoms with Gasteiger partial charge in [0.05, 0.1) is 36.1 Å². The third-order valence-corrected chi connectivity index (χ3v) is 8.71. The topological polar surface area (TPSA) is 135 Å². The molecule has 1 N–H and O–H groups in total. The van der Waals surface area contributed by atoms with Gasteiger partial charge in [0, 0.05) is 24.5 Å². The Morgan fingerprint density at radius 3 is 2.53 bits per heavy atom. The van der Waals surface area contributed by atoms with Crippen LogP contribution in [0.3, 0.4) is 0 Å². The zero-order valence-corrected chi connectivity index (χ0v) is 25.6. The van der Waals surface area contributed by atoms with Crippen molar-refractivity contribution >= 4 is 33.7 Å². The van der Waals surface area contributed by atoms with E-state index in [-0.39, 0.29) is 23.1 Å². The highest BCUT2D eigenvalue weighted by Gasteiger charge is 2.28. The summed E-state index contributed by atoms with van der Waals surface area (Å²) in [5.74, 6) is 0.630. The van der Waals surface area contributed by atoms with Crippen molar-refractivity contribution in [2.24, 2.45) is 0 Å². The predicted octanol–water partition coefficient (Wildman–Crippen LogP) is 3.04. The monoisotopic (exact) mass is 609 g/mol. The smallest absolute Gasteiger partial charge is 0.357 e. The molecule has 3 aromatic heterocycles. The van der Waals surface area contributed by atoms with E-state index >= 15 is 0 Å². The molecule has 0 radical (unpaired) electrons. The molecule has 13 heteroatoms. The number of hydrogen-bond acceptors (Lipinski definition) is 11. The molecule has 0 aliphatic carbocycles. The van der Waals surface area contributed by atoms with Gasteiger partial charge in [0.15, 0.2) is 11.3 Å². The molecule has 0 spiro atoms. The molecule has 2 aliphatic heterocycles. The maximum atomic E-state index is 14.3. The van der Waals surface area contributed by atoms with E-state index in [1.165, 1.54) is 0 Å². The summed E-state index contributed by atoms with van der Waals surface area (Å²) >= 11 is 0. The van der Waals surface area contributed by atoms with E-state index in [0.717, 1.165) is 35.9 Å². The average molecular weight is 610 g/mol. The fourth-order valence-corrected chi connectivity index (χ4v) is 6.19. The fourth-order valence-electron chi connectivity index (χ4n) is 6.19. The number of aromatic nitrogens is 6. The van der Waals surface area contributed by atoms with Gasteiger partial charge < -0.3 is 19.4 Å². The van der Waals surface area contributed by atoms with Gasteiger partial charge in [0.25, 0.3) is 5.56 Å². The lowest BCUT2D eigenvalue weighted by molar-refractivity contribution is -0.112. The third-order valence-electron chi connectivity index (χ3n) is 8.71. The molecule has 7 rings (SSSR count). The van der Waals surface area contributed by atoms with Crippen LogP contribution in [0.25, 0.3) is 27.6 Å². The minimum absolute atomic E-state index is 0.142. The Labute approximate surface area is 259 Å². The average Bonchev–Trinajstić information content (AvgIpc) is 3.70. The molecule has 45 heavy (non-hydrogen) atoms. The van der Waals surface area contributed by atoms with Crippen molar-refractivity contribution in [1.82, 2.24) is 39.7 Å². The van der Waals surface area contributed by atoms with Crippen LogP contribution in [-0.4, -0.2) is 98.1 Å². The van der Waals surface area contributed by atoms with Crippen molar-refractivity contribution in [3.63, 3.8) is 0 Å². The standard InChI is InChI=1S/C32H35N9O4/c1-20-11-12-25-24(18-33-37-25)28(20)41-21(2)34-26-27(30(41)42)35-32(44-19-23-10-7-13-38(23)3)36-29(26)39-14-16-40(17-15-39)45-31(43)22-8-5-4-6-9-22/h4-6,8-9,11-12,18,23H,7,10,13-17,19H2,1-3H3,(H,33,37). The Hall–Kier alpha value is -4.88. The summed E-state index contributed by atoms with van der Waals surface area (Å²) in [7, 11) is 2.09. The molecule has 5 heterocycles. The van der Waals surface area contributed by atoms with Crippen LogP contribution in [0.1, 0.15) is 34.6 Å². The second-order valence-corrected chi connectivity index (χ2v) is 11.6. The number of H-pyrrole nitrogens is 1. The van der Waals surface area contributed by atoms with E-state index < -0.39 is 5.97 Å². The summed E-state index contributed by atoms with van der Waals surface area (Å²) in [5.41, 5.74) is 3.21. The maximum Gasteiger partial charge on any atom is 0.357 e. The van der Waals surface area contributed by atoms with Gasteiger partial charge in [0.1, 0.15) is 17.9 Å². The van der Waals surface area contributed by atoms with Crippen LogP contribution < -0.4 is 15.2 Å². The van der Waals surface area contributed by atoms with Crippen molar-refractivity contribution in [3.8, 4) is 11.7 Å². The lowest BCUT2D eigenvalue weighted by Gasteiger charge is -2.34. The molecule has 2 fully saturated rings.